The number of ether oxygens (including phenoxy) is 1. The number of aliphatic hydroxyl groups is 1. The predicted octanol–water partition coefficient (Wildman–Crippen LogP) is 4.08. The molecule has 3 N–H and O–H groups in total. The number of halogens is 3. The van der Waals surface area contributed by atoms with E-state index in [1.807, 2.05) is 24.3 Å². The summed E-state index contributed by atoms with van der Waals surface area (Å²) in [5, 5.41) is 16.9. The van der Waals surface area contributed by atoms with Crippen LogP contribution in [0.3, 0.4) is 0 Å². The predicted molar refractivity (Wildman–Crippen MR) is 135 cm³/mol. The third-order valence-electron chi connectivity index (χ3n) is 6.35. The first kappa shape index (κ1) is 26.4. The fraction of sp³-hybridized carbons (Fsp3) is 0.111. The lowest BCUT2D eigenvalue weighted by atomic mass is 9.87. The van der Waals surface area contributed by atoms with Crippen LogP contribution < -0.4 is 14.8 Å². The highest BCUT2D eigenvalue weighted by Gasteiger charge is 2.51. The zero-order valence-electron chi connectivity index (χ0n) is 20.0. The lowest BCUT2D eigenvalue weighted by molar-refractivity contribution is -0.274. The van der Waals surface area contributed by atoms with Crippen molar-refractivity contribution < 1.29 is 36.2 Å². The highest BCUT2D eigenvalue weighted by atomic mass is 32.2. The molecule has 0 bridgehead atoms. The van der Waals surface area contributed by atoms with Crippen LogP contribution in [0.5, 0.6) is 5.75 Å². The molecule has 0 radical (unpaired) electrons. The average molecular weight is 556 g/mol. The quantitative estimate of drug-likeness (QED) is 0.370. The Kier molecular flexibility index (Phi) is 6.41. The van der Waals surface area contributed by atoms with Crippen LogP contribution in [-0.4, -0.2) is 30.8 Å². The zero-order chi connectivity index (χ0) is 28.0. The van der Waals surface area contributed by atoms with Gasteiger partial charge in [-0.05, 0) is 64.7 Å². The first-order valence-electron chi connectivity index (χ1n) is 11.4. The molecule has 0 aliphatic carbocycles. The van der Waals surface area contributed by atoms with Gasteiger partial charge in [0.25, 0.3) is 5.91 Å². The summed E-state index contributed by atoms with van der Waals surface area (Å²) in [5.41, 5.74) is 0.0891. The van der Waals surface area contributed by atoms with Gasteiger partial charge in [-0.25, -0.2) is 13.6 Å². The Hall–Kier alpha value is -4.26. The molecular formula is C27H20F3N3O5S. The molecule has 1 aromatic heterocycles. The fourth-order valence-electron chi connectivity index (χ4n) is 4.51. The standard InChI is InChI=1S/C27H20F3N3O5S/c28-27(29,30)38-21-7-10-24-23(15-21)26(35,20-5-8-22(9-6-20)39(31,36)37)25(34)33(24)16-17-1-3-18(4-2-17)19-11-13-32-14-12-19/h1-15,35H,16H2,(H2,31,36,37). The molecule has 3 aromatic carbocycles. The average Bonchev–Trinajstić information content (AvgIpc) is 3.10. The second kappa shape index (κ2) is 9.49. The Balaban J connectivity index is 1.55. The highest BCUT2D eigenvalue weighted by Crippen LogP contribution is 2.47. The largest absolute Gasteiger partial charge is 0.573 e. The Labute approximate surface area is 221 Å². The smallest absolute Gasteiger partial charge is 0.406 e. The van der Waals surface area contributed by atoms with E-state index in [4.69, 9.17) is 5.14 Å². The van der Waals surface area contributed by atoms with Crippen molar-refractivity contribution in [3.8, 4) is 16.9 Å². The maximum atomic E-state index is 13.7. The van der Waals surface area contributed by atoms with Gasteiger partial charge in [0, 0.05) is 18.0 Å². The molecular weight excluding hydrogens is 535 g/mol. The summed E-state index contributed by atoms with van der Waals surface area (Å²) in [6.07, 6.45) is -1.67. The Bertz CT molecular complexity index is 1650. The van der Waals surface area contributed by atoms with Gasteiger partial charge in [0.1, 0.15) is 5.75 Å². The number of aromatic nitrogens is 1. The number of rotatable bonds is 6. The molecule has 1 aliphatic heterocycles. The van der Waals surface area contributed by atoms with Gasteiger partial charge in [0.2, 0.25) is 10.0 Å². The number of sulfonamides is 1. The third kappa shape index (κ3) is 5.09. The molecule has 8 nitrogen and oxygen atoms in total. The molecule has 0 saturated heterocycles. The molecule has 1 atom stereocenters. The van der Waals surface area contributed by atoms with Crippen LogP contribution >= 0.6 is 0 Å². The van der Waals surface area contributed by atoms with E-state index < -0.39 is 33.6 Å². The number of fused-ring (bicyclic) bond motifs is 1. The van der Waals surface area contributed by atoms with E-state index >= 15 is 0 Å². The summed E-state index contributed by atoms with van der Waals surface area (Å²) in [6, 6.07) is 18.8. The summed E-state index contributed by atoms with van der Waals surface area (Å²) in [4.78, 5) is 18.7. The van der Waals surface area contributed by atoms with E-state index in [1.165, 1.54) is 23.1 Å². The molecule has 39 heavy (non-hydrogen) atoms. The van der Waals surface area contributed by atoms with Crippen molar-refractivity contribution in [1.82, 2.24) is 4.98 Å². The molecule has 1 amide bonds. The number of carbonyl (C=O) groups excluding carboxylic acids is 1. The second-order valence-electron chi connectivity index (χ2n) is 8.83. The number of nitrogens with zero attached hydrogens (tertiary/aromatic N) is 2. The van der Waals surface area contributed by atoms with Crippen molar-refractivity contribution in [2.45, 2.75) is 23.4 Å². The lowest BCUT2D eigenvalue weighted by Crippen LogP contribution is -2.41. The van der Waals surface area contributed by atoms with E-state index in [0.29, 0.717) is 5.56 Å². The van der Waals surface area contributed by atoms with Crippen molar-refractivity contribution in [2.24, 2.45) is 5.14 Å². The minimum Gasteiger partial charge on any atom is -0.406 e. The van der Waals surface area contributed by atoms with Crippen LogP contribution in [0.1, 0.15) is 16.7 Å². The SMILES string of the molecule is NS(=O)(=O)c1ccc(C2(O)C(=O)N(Cc3ccc(-c4ccncc4)cc3)c3ccc(OC(F)(F)F)cc32)cc1. The summed E-state index contributed by atoms with van der Waals surface area (Å²) in [5.74, 6) is -1.46. The number of hydrogen-bond donors (Lipinski definition) is 2. The maximum Gasteiger partial charge on any atom is 0.573 e. The van der Waals surface area contributed by atoms with E-state index in [9.17, 15) is 31.5 Å². The number of nitrogens with two attached hydrogens (primary N) is 1. The minimum absolute atomic E-state index is 0.000490. The number of carbonyl (C=O) groups is 1. The van der Waals surface area contributed by atoms with Gasteiger partial charge >= 0.3 is 6.36 Å². The summed E-state index contributed by atoms with van der Waals surface area (Å²) >= 11 is 0. The first-order chi connectivity index (χ1) is 18.4. The summed E-state index contributed by atoms with van der Waals surface area (Å²) in [6.45, 7) is -0.000490. The van der Waals surface area contributed by atoms with E-state index in [-0.39, 0.29) is 28.3 Å². The molecule has 4 aromatic rings. The Morgan fingerprint density at radius 2 is 1.54 bits per heavy atom. The summed E-state index contributed by atoms with van der Waals surface area (Å²) in [7, 11) is -4.06. The lowest BCUT2D eigenvalue weighted by Gasteiger charge is -2.24. The van der Waals surface area contributed by atoms with Gasteiger partial charge in [-0.2, -0.15) is 0 Å². The Morgan fingerprint density at radius 1 is 0.923 bits per heavy atom. The van der Waals surface area contributed by atoms with Gasteiger partial charge in [0.05, 0.1) is 17.1 Å². The fourth-order valence-corrected chi connectivity index (χ4v) is 5.02. The van der Waals surface area contributed by atoms with Crippen LogP contribution in [0.25, 0.3) is 11.1 Å². The van der Waals surface area contributed by atoms with Gasteiger partial charge < -0.3 is 14.7 Å². The van der Waals surface area contributed by atoms with Gasteiger partial charge in [-0.15, -0.1) is 13.2 Å². The van der Waals surface area contributed by atoms with Crippen molar-refractivity contribution in [3.63, 3.8) is 0 Å². The van der Waals surface area contributed by atoms with Crippen LogP contribution in [0.4, 0.5) is 18.9 Å². The van der Waals surface area contributed by atoms with Gasteiger partial charge in [0.15, 0.2) is 5.60 Å². The normalized spacial score (nSPS) is 17.3. The van der Waals surface area contributed by atoms with Crippen LogP contribution in [0, 0.1) is 0 Å². The Morgan fingerprint density at radius 3 is 2.13 bits per heavy atom. The third-order valence-corrected chi connectivity index (χ3v) is 7.27. The number of amides is 1. The maximum absolute atomic E-state index is 13.7. The molecule has 200 valence electrons. The molecule has 0 fully saturated rings. The molecule has 5 rings (SSSR count). The molecule has 12 heteroatoms. The van der Waals surface area contributed by atoms with E-state index in [1.54, 1.807) is 24.5 Å². The zero-order valence-corrected chi connectivity index (χ0v) is 20.8. The van der Waals surface area contributed by atoms with Gasteiger partial charge in [-0.1, -0.05) is 36.4 Å². The van der Waals surface area contributed by atoms with Crippen LogP contribution in [0.2, 0.25) is 0 Å². The molecule has 2 heterocycles. The summed E-state index contributed by atoms with van der Waals surface area (Å²) < 4.78 is 66.1. The molecule has 0 saturated carbocycles. The molecule has 0 spiro atoms. The van der Waals surface area contributed by atoms with E-state index in [0.717, 1.165) is 35.4 Å². The van der Waals surface area contributed by atoms with Crippen molar-refractivity contribution in [3.05, 3.63) is 108 Å². The van der Waals surface area contributed by atoms with E-state index in [2.05, 4.69) is 9.72 Å². The van der Waals surface area contributed by atoms with Crippen molar-refractivity contribution in [2.75, 3.05) is 4.90 Å². The first-order valence-corrected chi connectivity index (χ1v) is 13.0. The number of benzene rings is 3. The van der Waals surface area contributed by atoms with Crippen LogP contribution in [0.15, 0.2) is 96.2 Å². The number of primary sulfonamides is 1. The second-order valence-corrected chi connectivity index (χ2v) is 10.4. The highest BCUT2D eigenvalue weighted by molar-refractivity contribution is 7.89. The minimum atomic E-state index is -5.00. The monoisotopic (exact) mass is 555 g/mol. The van der Waals surface area contributed by atoms with Crippen molar-refractivity contribution in [1.29, 1.82) is 0 Å². The van der Waals surface area contributed by atoms with Gasteiger partial charge in [-0.3, -0.25) is 9.78 Å². The topological polar surface area (TPSA) is 123 Å². The van der Waals surface area contributed by atoms with Crippen LogP contribution in [-0.2, 0) is 27.0 Å². The number of pyridine rings is 1. The number of hydrogen-bond acceptors (Lipinski definition) is 6. The number of anilines is 1. The number of alkyl halides is 3. The molecule has 1 unspecified atom stereocenters. The molecule has 1 aliphatic rings. The van der Waals surface area contributed by atoms with Crippen molar-refractivity contribution >= 4 is 21.6 Å².